The van der Waals surface area contributed by atoms with Crippen molar-refractivity contribution in [3.05, 3.63) is 97.4 Å². The predicted molar refractivity (Wildman–Crippen MR) is 153 cm³/mol. The average Bonchev–Trinajstić information content (AvgIpc) is 2.81. The number of hydrogen-bond donors (Lipinski definition) is 1. The minimum absolute atomic E-state index is 0.0923. The zero-order valence-electron chi connectivity index (χ0n) is 20.7. The molecule has 0 radical (unpaired) electrons. The molecule has 1 atom stereocenters. The summed E-state index contributed by atoms with van der Waals surface area (Å²) in [5.41, 5.74) is 1.08. The quantitative estimate of drug-likeness (QED) is 0.270. The van der Waals surface area contributed by atoms with Crippen LogP contribution in [0.25, 0.3) is 0 Å². The summed E-state index contributed by atoms with van der Waals surface area (Å²) in [6, 6.07) is 18.8. The third-order valence-corrected chi connectivity index (χ3v) is 6.81. The van der Waals surface area contributed by atoms with E-state index < -0.39 is 11.6 Å². The maximum atomic E-state index is 13.7. The van der Waals surface area contributed by atoms with E-state index in [0.717, 1.165) is 5.56 Å². The second-order valence-corrected chi connectivity index (χ2v) is 11.7. The van der Waals surface area contributed by atoms with Gasteiger partial charge in [-0.25, -0.2) is 0 Å². The van der Waals surface area contributed by atoms with Crippen LogP contribution < -0.4 is 10.1 Å². The van der Waals surface area contributed by atoms with Crippen molar-refractivity contribution >= 4 is 62.5 Å². The molecule has 0 aliphatic carbocycles. The minimum Gasteiger partial charge on any atom is -0.483 e. The molecule has 0 spiro atoms. The SMILES string of the molecule is CC(C)(C)NC(=O)C(Cc1ccccc1)N(Cc1ccc(Cl)cc1Cl)C(=O)COc1ccc(Cl)cc1Br. The largest absolute Gasteiger partial charge is 0.483 e. The Kier molecular flexibility index (Phi) is 10.3. The van der Waals surface area contributed by atoms with E-state index in [1.54, 1.807) is 36.4 Å². The summed E-state index contributed by atoms with van der Waals surface area (Å²) in [5, 5.41) is 4.44. The standard InChI is InChI=1S/C28H28BrCl3N2O3/c1-28(2,3)33-27(36)24(13-18-7-5-4-6-8-18)34(16-19-9-10-21(31)15-23(19)32)26(35)17-37-25-12-11-20(30)14-22(25)29/h4-12,14-15,24H,13,16-17H2,1-3H3,(H,33,36). The first-order valence-corrected chi connectivity index (χ1v) is 13.5. The normalized spacial score (nSPS) is 12.1. The number of halogens is 4. The Morgan fingerprint density at radius 3 is 2.24 bits per heavy atom. The third kappa shape index (κ3) is 8.92. The maximum absolute atomic E-state index is 13.7. The molecule has 0 saturated heterocycles. The van der Waals surface area contributed by atoms with Crippen molar-refractivity contribution in [3.63, 3.8) is 0 Å². The maximum Gasteiger partial charge on any atom is 0.261 e. The number of nitrogens with zero attached hydrogens (tertiary/aromatic N) is 1. The molecule has 0 aromatic heterocycles. The fourth-order valence-corrected chi connectivity index (χ4v) is 4.92. The molecule has 0 aliphatic rings. The molecule has 2 amide bonds. The van der Waals surface area contributed by atoms with Gasteiger partial charge in [-0.15, -0.1) is 0 Å². The van der Waals surface area contributed by atoms with Crippen molar-refractivity contribution in [2.45, 2.75) is 45.3 Å². The highest BCUT2D eigenvalue weighted by Crippen LogP contribution is 2.29. The second-order valence-electron chi connectivity index (χ2n) is 9.57. The predicted octanol–water partition coefficient (Wildman–Crippen LogP) is 7.34. The van der Waals surface area contributed by atoms with E-state index in [9.17, 15) is 9.59 Å². The molecule has 0 bridgehead atoms. The monoisotopic (exact) mass is 624 g/mol. The molecule has 0 aliphatic heterocycles. The van der Waals surface area contributed by atoms with E-state index in [4.69, 9.17) is 39.5 Å². The summed E-state index contributed by atoms with van der Waals surface area (Å²) < 4.78 is 6.44. The Bertz CT molecular complexity index is 1250. The zero-order chi connectivity index (χ0) is 27.2. The fraction of sp³-hybridized carbons (Fsp3) is 0.286. The van der Waals surface area contributed by atoms with Crippen LogP contribution in [0.4, 0.5) is 0 Å². The van der Waals surface area contributed by atoms with Gasteiger partial charge < -0.3 is 15.0 Å². The average molecular weight is 627 g/mol. The number of nitrogens with one attached hydrogen (secondary N) is 1. The van der Waals surface area contributed by atoms with Crippen LogP contribution in [0.2, 0.25) is 15.1 Å². The topological polar surface area (TPSA) is 58.6 Å². The smallest absolute Gasteiger partial charge is 0.261 e. The van der Waals surface area contributed by atoms with Gasteiger partial charge in [-0.05, 0) is 78.2 Å². The molecule has 0 saturated carbocycles. The molecule has 1 unspecified atom stereocenters. The van der Waals surface area contributed by atoms with E-state index in [1.165, 1.54) is 4.90 Å². The number of rotatable bonds is 9. The van der Waals surface area contributed by atoms with Gasteiger partial charge in [-0.1, -0.05) is 71.2 Å². The van der Waals surface area contributed by atoms with Crippen molar-refractivity contribution in [1.82, 2.24) is 10.2 Å². The molecule has 3 aromatic rings. The lowest BCUT2D eigenvalue weighted by atomic mass is 10.0. The molecule has 0 heterocycles. The van der Waals surface area contributed by atoms with Crippen molar-refractivity contribution in [3.8, 4) is 5.75 Å². The van der Waals surface area contributed by atoms with Gasteiger partial charge in [0, 0.05) is 33.6 Å². The highest BCUT2D eigenvalue weighted by Gasteiger charge is 2.33. The molecular weight excluding hydrogens is 599 g/mol. The summed E-state index contributed by atoms with van der Waals surface area (Å²) in [6.45, 7) is 5.49. The molecular formula is C28H28BrCl3N2O3. The number of carbonyl (C=O) groups excluding carboxylic acids is 2. The van der Waals surface area contributed by atoms with Gasteiger partial charge in [0.05, 0.1) is 4.47 Å². The van der Waals surface area contributed by atoms with Crippen molar-refractivity contribution in [2.24, 2.45) is 0 Å². The van der Waals surface area contributed by atoms with Gasteiger partial charge in [0.25, 0.3) is 5.91 Å². The summed E-state index contributed by atoms with van der Waals surface area (Å²) >= 11 is 22.0. The Balaban J connectivity index is 1.97. The molecule has 3 rings (SSSR count). The lowest BCUT2D eigenvalue weighted by Gasteiger charge is -2.34. The van der Waals surface area contributed by atoms with Gasteiger partial charge in [0.2, 0.25) is 5.91 Å². The van der Waals surface area contributed by atoms with Gasteiger partial charge in [0.15, 0.2) is 6.61 Å². The molecule has 3 aromatic carbocycles. The summed E-state index contributed by atoms with van der Waals surface area (Å²) in [6.07, 6.45) is 0.310. The summed E-state index contributed by atoms with van der Waals surface area (Å²) in [5.74, 6) is -0.193. The number of amides is 2. The van der Waals surface area contributed by atoms with Crippen LogP contribution in [0.1, 0.15) is 31.9 Å². The third-order valence-electron chi connectivity index (χ3n) is 5.37. The van der Waals surface area contributed by atoms with Crippen LogP contribution in [0.5, 0.6) is 5.75 Å². The van der Waals surface area contributed by atoms with E-state index >= 15 is 0 Å². The van der Waals surface area contributed by atoms with Gasteiger partial charge in [-0.2, -0.15) is 0 Å². The summed E-state index contributed by atoms with van der Waals surface area (Å²) in [4.78, 5) is 28.8. The molecule has 9 heteroatoms. The second kappa shape index (κ2) is 13.0. The minimum atomic E-state index is -0.821. The lowest BCUT2D eigenvalue weighted by Crippen LogP contribution is -2.55. The highest BCUT2D eigenvalue weighted by atomic mass is 79.9. The van der Waals surface area contributed by atoms with Gasteiger partial charge in [0.1, 0.15) is 11.8 Å². The van der Waals surface area contributed by atoms with E-state index in [2.05, 4.69) is 21.2 Å². The molecule has 37 heavy (non-hydrogen) atoms. The van der Waals surface area contributed by atoms with Gasteiger partial charge >= 0.3 is 0 Å². The summed E-state index contributed by atoms with van der Waals surface area (Å²) in [7, 11) is 0. The Labute approximate surface area is 241 Å². The van der Waals surface area contributed by atoms with E-state index in [-0.39, 0.29) is 25.0 Å². The van der Waals surface area contributed by atoms with Crippen LogP contribution in [-0.2, 0) is 22.6 Å². The Hall–Kier alpha value is -2.25. The highest BCUT2D eigenvalue weighted by molar-refractivity contribution is 9.10. The molecule has 1 N–H and O–H groups in total. The van der Waals surface area contributed by atoms with Crippen molar-refractivity contribution < 1.29 is 14.3 Å². The zero-order valence-corrected chi connectivity index (χ0v) is 24.6. The van der Waals surface area contributed by atoms with Crippen LogP contribution in [0.3, 0.4) is 0 Å². The van der Waals surface area contributed by atoms with Crippen LogP contribution >= 0.6 is 50.7 Å². The Morgan fingerprint density at radius 2 is 1.62 bits per heavy atom. The Morgan fingerprint density at radius 1 is 0.973 bits per heavy atom. The molecule has 196 valence electrons. The van der Waals surface area contributed by atoms with E-state index in [0.29, 0.717) is 37.3 Å². The first-order chi connectivity index (χ1) is 17.4. The first-order valence-electron chi connectivity index (χ1n) is 11.6. The lowest BCUT2D eigenvalue weighted by molar-refractivity contribution is -0.143. The van der Waals surface area contributed by atoms with Gasteiger partial charge in [-0.3, -0.25) is 9.59 Å². The number of benzene rings is 3. The fourth-order valence-electron chi connectivity index (χ4n) is 3.65. The van der Waals surface area contributed by atoms with Crippen LogP contribution in [-0.4, -0.2) is 34.9 Å². The van der Waals surface area contributed by atoms with Crippen LogP contribution in [0, 0.1) is 0 Å². The first kappa shape index (κ1) is 29.3. The number of ether oxygens (including phenoxy) is 1. The van der Waals surface area contributed by atoms with Crippen molar-refractivity contribution in [2.75, 3.05) is 6.61 Å². The number of carbonyl (C=O) groups is 2. The molecule has 5 nitrogen and oxygen atoms in total. The number of hydrogen-bond acceptors (Lipinski definition) is 3. The van der Waals surface area contributed by atoms with Crippen molar-refractivity contribution in [1.29, 1.82) is 0 Å². The van der Waals surface area contributed by atoms with E-state index in [1.807, 2.05) is 51.1 Å². The molecule has 0 fully saturated rings. The van der Waals surface area contributed by atoms with Crippen LogP contribution in [0.15, 0.2) is 71.2 Å².